The van der Waals surface area contributed by atoms with Crippen molar-refractivity contribution in [2.24, 2.45) is 0 Å². The van der Waals surface area contributed by atoms with Crippen LogP contribution in [0.5, 0.6) is 0 Å². The van der Waals surface area contributed by atoms with Gasteiger partial charge in [0.2, 0.25) is 0 Å². The smallest absolute Gasteiger partial charge is 0.399 e. The van der Waals surface area contributed by atoms with Crippen molar-refractivity contribution in [1.29, 1.82) is 0 Å². The molecule has 0 spiro atoms. The molecule has 1 saturated heterocycles. The van der Waals surface area contributed by atoms with Gasteiger partial charge < -0.3 is 9.31 Å². The molecule has 140 valence electrons. The van der Waals surface area contributed by atoms with Crippen LogP contribution in [0.2, 0.25) is 10.0 Å². The maximum absolute atomic E-state index is 13.4. The first kappa shape index (κ1) is 21.6. The lowest BCUT2D eigenvalue weighted by Crippen LogP contribution is -2.41. The average molecular weight is 466 g/mol. The third kappa shape index (κ3) is 4.99. The standard InChI is InChI=1S/C12H15BClFO2.C6H3BrClF/c1-11(2)12(3,4)17-13(16-11)8-5-6-9(14)10(15)7-8;7-4-1-2-5(8)6(9)3-4/h5-7H,1-4H3;1-3H. The van der Waals surface area contributed by atoms with Crippen molar-refractivity contribution in [3.05, 3.63) is 62.6 Å². The third-order valence-corrected chi connectivity index (χ3v) is 5.46. The van der Waals surface area contributed by atoms with Gasteiger partial charge >= 0.3 is 7.12 Å². The van der Waals surface area contributed by atoms with Crippen LogP contribution in [0.3, 0.4) is 0 Å². The molecule has 1 heterocycles. The van der Waals surface area contributed by atoms with Gasteiger partial charge in [0, 0.05) is 4.47 Å². The quantitative estimate of drug-likeness (QED) is 0.378. The van der Waals surface area contributed by atoms with Crippen LogP contribution in [0.15, 0.2) is 40.9 Å². The Hall–Kier alpha value is -0.655. The van der Waals surface area contributed by atoms with Crippen LogP contribution in [-0.2, 0) is 9.31 Å². The normalized spacial score (nSPS) is 17.7. The Bertz CT molecular complexity index is 787. The van der Waals surface area contributed by atoms with E-state index in [1.165, 1.54) is 24.3 Å². The molecular weight excluding hydrogens is 448 g/mol. The van der Waals surface area contributed by atoms with E-state index in [4.69, 9.17) is 32.5 Å². The maximum atomic E-state index is 13.4. The van der Waals surface area contributed by atoms with Crippen molar-refractivity contribution in [2.45, 2.75) is 38.9 Å². The van der Waals surface area contributed by atoms with Gasteiger partial charge in [-0.25, -0.2) is 8.78 Å². The largest absolute Gasteiger partial charge is 0.494 e. The first-order valence-electron chi connectivity index (χ1n) is 7.84. The Morgan fingerprint density at radius 3 is 1.73 bits per heavy atom. The van der Waals surface area contributed by atoms with Crippen LogP contribution >= 0.6 is 39.1 Å². The minimum Gasteiger partial charge on any atom is -0.399 e. The lowest BCUT2D eigenvalue weighted by atomic mass is 9.79. The van der Waals surface area contributed by atoms with E-state index in [9.17, 15) is 8.78 Å². The molecule has 0 radical (unpaired) electrons. The van der Waals surface area contributed by atoms with E-state index in [1.54, 1.807) is 12.1 Å². The molecule has 0 aliphatic carbocycles. The lowest BCUT2D eigenvalue weighted by Gasteiger charge is -2.32. The van der Waals surface area contributed by atoms with Gasteiger partial charge in [-0.3, -0.25) is 0 Å². The Morgan fingerprint density at radius 1 is 0.846 bits per heavy atom. The van der Waals surface area contributed by atoms with Crippen molar-refractivity contribution in [3.63, 3.8) is 0 Å². The molecule has 8 heteroatoms. The highest BCUT2D eigenvalue weighted by Gasteiger charge is 2.51. The molecule has 0 N–H and O–H groups in total. The average Bonchev–Trinajstić information content (AvgIpc) is 2.75. The molecule has 3 rings (SSSR count). The third-order valence-electron chi connectivity index (χ3n) is 4.35. The lowest BCUT2D eigenvalue weighted by molar-refractivity contribution is 0.00578. The molecule has 0 saturated carbocycles. The summed E-state index contributed by atoms with van der Waals surface area (Å²) in [6, 6.07) is 9.09. The van der Waals surface area contributed by atoms with Crippen LogP contribution in [-0.4, -0.2) is 18.3 Å². The van der Waals surface area contributed by atoms with Gasteiger partial charge in [-0.05, 0) is 63.5 Å². The monoisotopic (exact) mass is 464 g/mol. The summed E-state index contributed by atoms with van der Waals surface area (Å²) in [5.74, 6) is -0.857. The van der Waals surface area contributed by atoms with Crippen molar-refractivity contribution in [2.75, 3.05) is 0 Å². The first-order valence-corrected chi connectivity index (χ1v) is 9.39. The van der Waals surface area contributed by atoms with Crippen molar-refractivity contribution in [1.82, 2.24) is 0 Å². The molecule has 0 unspecified atom stereocenters. The topological polar surface area (TPSA) is 18.5 Å². The zero-order chi connectivity index (χ0) is 19.7. The molecule has 1 aliphatic rings. The van der Waals surface area contributed by atoms with E-state index in [1.807, 2.05) is 27.7 Å². The van der Waals surface area contributed by atoms with Gasteiger partial charge in [-0.1, -0.05) is 45.2 Å². The van der Waals surface area contributed by atoms with Crippen LogP contribution in [0.1, 0.15) is 27.7 Å². The van der Waals surface area contributed by atoms with E-state index in [2.05, 4.69) is 15.9 Å². The SMILES string of the molecule is CC1(C)OB(c2ccc(Cl)c(F)c2)OC1(C)C.Fc1cc(Br)ccc1Cl. The number of rotatable bonds is 1. The molecule has 0 atom stereocenters. The molecule has 2 aromatic rings. The predicted octanol–water partition coefficient (Wildman–Crippen LogP) is 6.02. The highest BCUT2D eigenvalue weighted by atomic mass is 79.9. The molecular formula is C18H18BBrCl2F2O2. The van der Waals surface area contributed by atoms with Gasteiger partial charge in [-0.2, -0.15) is 0 Å². The van der Waals surface area contributed by atoms with E-state index in [0.29, 0.717) is 9.94 Å². The highest BCUT2D eigenvalue weighted by Crippen LogP contribution is 2.36. The fraction of sp³-hybridized carbons (Fsp3) is 0.333. The van der Waals surface area contributed by atoms with E-state index in [-0.39, 0.29) is 10.0 Å². The summed E-state index contributed by atoms with van der Waals surface area (Å²) in [6.45, 7) is 7.83. The zero-order valence-corrected chi connectivity index (χ0v) is 17.8. The first-order chi connectivity index (χ1) is 11.9. The molecule has 1 fully saturated rings. The minimum atomic E-state index is -0.549. The van der Waals surface area contributed by atoms with E-state index >= 15 is 0 Å². The van der Waals surface area contributed by atoms with Crippen LogP contribution in [0.4, 0.5) is 8.78 Å². The minimum absolute atomic E-state index is 0.102. The molecule has 26 heavy (non-hydrogen) atoms. The Balaban J connectivity index is 0.000000228. The van der Waals surface area contributed by atoms with Crippen LogP contribution in [0, 0.1) is 11.6 Å². The Morgan fingerprint density at radius 2 is 1.31 bits per heavy atom. The Kier molecular flexibility index (Phi) is 6.79. The summed E-state index contributed by atoms with van der Waals surface area (Å²) in [7, 11) is -0.549. The number of halogens is 5. The second-order valence-corrected chi connectivity index (χ2v) is 8.55. The van der Waals surface area contributed by atoms with Gasteiger partial charge in [0.15, 0.2) is 0 Å². The highest BCUT2D eigenvalue weighted by molar-refractivity contribution is 9.10. The number of hydrogen-bond donors (Lipinski definition) is 0. The summed E-state index contributed by atoms with van der Waals surface area (Å²) < 4.78 is 38.1. The number of hydrogen-bond acceptors (Lipinski definition) is 2. The molecule has 1 aliphatic heterocycles. The molecule has 2 aromatic carbocycles. The second-order valence-electron chi connectivity index (χ2n) is 6.82. The molecule has 0 amide bonds. The summed E-state index contributed by atoms with van der Waals surface area (Å²) in [5, 5.41) is 0.253. The van der Waals surface area contributed by atoms with Crippen molar-refractivity contribution in [3.8, 4) is 0 Å². The van der Waals surface area contributed by atoms with Gasteiger partial charge in [-0.15, -0.1) is 0 Å². The van der Waals surface area contributed by atoms with Gasteiger partial charge in [0.05, 0.1) is 21.2 Å². The molecule has 2 nitrogen and oxygen atoms in total. The van der Waals surface area contributed by atoms with E-state index < -0.39 is 30.0 Å². The number of benzene rings is 2. The fourth-order valence-corrected chi connectivity index (χ4v) is 2.68. The molecule has 0 bridgehead atoms. The summed E-state index contributed by atoms with van der Waals surface area (Å²) in [6.07, 6.45) is 0. The molecule has 0 aromatic heterocycles. The maximum Gasteiger partial charge on any atom is 0.494 e. The van der Waals surface area contributed by atoms with Crippen LogP contribution in [0.25, 0.3) is 0 Å². The van der Waals surface area contributed by atoms with Crippen LogP contribution < -0.4 is 5.46 Å². The zero-order valence-electron chi connectivity index (χ0n) is 14.7. The fourth-order valence-electron chi connectivity index (χ4n) is 2.11. The van der Waals surface area contributed by atoms with Gasteiger partial charge in [0.25, 0.3) is 0 Å². The van der Waals surface area contributed by atoms with Crippen molar-refractivity contribution < 1.29 is 18.1 Å². The van der Waals surface area contributed by atoms with Gasteiger partial charge in [0.1, 0.15) is 11.6 Å². The predicted molar refractivity (Wildman–Crippen MR) is 106 cm³/mol. The van der Waals surface area contributed by atoms with E-state index in [0.717, 1.165) is 0 Å². The van der Waals surface area contributed by atoms with Crippen molar-refractivity contribution >= 4 is 51.7 Å². The summed E-state index contributed by atoms with van der Waals surface area (Å²) in [5.41, 5.74) is -0.202. The Labute approximate surface area is 171 Å². The summed E-state index contributed by atoms with van der Waals surface area (Å²) in [4.78, 5) is 0. The summed E-state index contributed by atoms with van der Waals surface area (Å²) >= 11 is 14.1. The second kappa shape index (κ2) is 8.15.